The van der Waals surface area contributed by atoms with Gasteiger partial charge in [-0.25, -0.2) is 10.8 Å². The molecule has 5 heteroatoms. The van der Waals surface area contributed by atoms with E-state index in [0.29, 0.717) is 11.8 Å². The molecule has 0 atom stereocenters. The van der Waals surface area contributed by atoms with Crippen LogP contribution in [-0.2, 0) is 0 Å². The quantitative estimate of drug-likeness (QED) is 0.650. The summed E-state index contributed by atoms with van der Waals surface area (Å²) in [5, 5.41) is 0. The van der Waals surface area contributed by atoms with E-state index < -0.39 is 0 Å². The summed E-state index contributed by atoms with van der Waals surface area (Å²) in [6, 6.07) is 9.50. The van der Waals surface area contributed by atoms with Crippen molar-refractivity contribution in [2.75, 3.05) is 5.43 Å². The minimum Gasteiger partial charge on any atom is -0.438 e. The third kappa shape index (κ3) is 3.29. The van der Waals surface area contributed by atoms with E-state index in [1.54, 1.807) is 6.07 Å². The highest BCUT2D eigenvalue weighted by Crippen LogP contribution is 2.25. The van der Waals surface area contributed by atoms with Gasteiger partial charge in [-0.3, -0.25) is 5.43 Å². The first-order valence-electron chi connectivity index (χ1n) is 5.95. The number of hydrogen-bond acceptors (Lipinski definition) is 5. The van der Waals surface area contributed by atoms with Crippen molar-refractivity contribution in [3.05, 3.63) is 47.7 Å². The topological polar surface area (TPSA) is 73.1 Å². The lowest BCUT2D eigenvalue weighted by Crippen LogP contribution is -2.11. The number of nitrogens with zero attached hydrogens (tertiary/aromatic N) is 2. The Balaban J connectivity index is 2.33. The molecule has 19 heavy (non-hydrogen) atoms. The maximum Gasteiger partial charge on any atom is 0.240 e. The highest BCUT2D eigenvalue weighted by molar-refractivity contribution is 5.57. The molecule has 0 fully saturated rings. The first kappa shape index (κ1) is 13.0. The van der Waals surface area contributed by atoms with Crippen molar-refractivity contribution in [2.45, 2.75) is 13.8 Å². The summed E-state index contributed by atoms with van der Waals surface area (Å²) < 4.78 is 5.79. The van der Waals surface area contributed by atoms with Gasteiger partial charge in [-0.15, -0.1) is 0 Å². The Morgan fingerprint density at radius 3 is 2.79 bits per heavy atom. The lowest BCUT2D eigenvalue weighted by Gasteiger charge is -2.09. The van der Waals surface area contributed by atoms with Crippen LogP contribution in [0.2, 0.25) is 0 Å². The summed E-state index contributed by atoms with van der Waals surface area (Å²) in [5.74, 6) is 6.84. The first-order chi connectivity index (χ1) is 9.22. The fourth-order valence-electron chi connectivity index (χ4n) is 1.66. The number of benzene rings is 1. The SMILES string of the molecule is C/C=C/c1ccccc1Oc1cc(C)nc(NN)n1. The van der Waals surface area contributed by atoms with E-state index in [9.17, 15) is 0 Å². The smallest absolute Gasteiger partial charge is 0.240 e. The molecule has 0 amide bonds. The number of nitrogen functional groups attached to an aromatic ring is 1. The molecule has 0 unspecified atom stereocenters. The third-order valence-electron chi connectivity index (χ3n) is 2.44. The molecule has 2 rings (SSSR count). The zero-order valence-corrected chi connectivity index (χ0v) is 10.9. The van der Waals surface area contributed by atoms with E-state index in [-0.39, 0.29) is 0 Å². The summed E-state index contributed by atoms with van der Waals surface area (Å²) in [5.41, 5.74) is 4.19. The monoisotopic (exact) mass is 256 g/mol. The van der Waals surface area contributed by atoms with Crippen LogP contribution >= 0.6 is 0 Å². The molecule has 0 saturated heterocycles. The average molecular weight is 256 g/mol. The fourth-order valence-corrected chi connectivity index (χ4v) is 1.66. The first-order valence-corrected chi connectivity index (χ1v) is 5.95. The van der Waals surface area contributed by atoms with Crippen LogP contribution in [0.15, 0.2) is 36.4 Å². The zero-order valence-electron chi connectivity index (χ0n) is 10.9. The summed E-state index contributed by atoms with van der Waals surface area (Å²) in [6.07, 6.45) is 3.94. The molecule has 0 aliphatic rings. The van der Waals surface area contributed by atoms with Crippen LogP contribution in [0.3, 0.4) is 0 Å². The van der Waals surface area contributed by atoms with Gasteiger partial charge >= 0.3 is 0 Å². The van der Waals surface area contributed by atoms with Gasteiger partial charge in [0.05, 0.1) is 0 Å². The van der Waals surface area contributed by atoms with Crippen molar-refractivity contribution in [2.24, 2.45) is 5.84 Å². The van der Waals surface area contributed by atoms with Crippen molar-refractivity contribution in [3.8, 4) is 11.6 Å². The molecule has 0 saturated carbocycles. The Morgan fingerprint density at radius 2 is 2.05 bits per heavy atom. The van der Waals surface area contributed by atoms with E-state index in [2.05, 4.69) is 15.4 Å². The normalized spacial score (nSPS) is 10.7. The highest BCUT2D eigenvalue weighted by atomic mass is 16.5. The molecule has 1 aromatic heterocycles. The summed E-state index contributed by atoms with van der Waals surface area (Å²) in [6.45, 7) is 3.81. The predicted molar refractivity (Wildman–Crippen MR) is 75.8 cm³/mol. The summed E-state index contributed by atoms with van der Waals surface area (Å²) in [7, 11) is 0. The van der Waals surface area contributed by atoms with Gasteiger partial charge in [-0.05, 0) is 19.9 Å². The van der Waals surface area contributed by atoms with Crippen molar-refractivity contribution in [3.63, 3.8) is 0 Å². The molecular formula is C14H16N4O. The Morgan fingerprint density at radius 1 is 1.26 bits per heavy atom. The second-order valence-electron chi connectivity index (χ2n) is 3.96. The van der Waals surface area contributed by atoms with E-state index in [1.807, 2.05) is 50.3 Å². The third-order valence-corrected chi connectivity index (χ3v) is 2.44. The van der Waals surface area contributed by atoms with E-state index in [4.69, 9.17) is 10.6 Å². The van der Waals surface area contributed by atoms with Crippen molar-refractivity contribution >= 4 is 12.0 Å². The fraction of sp³-hybridized carbons (Fsp3) is 0.143. The second kappa shape index (κ2) is 5.97. The number of hydrazine groups is 1. The number of ether oxygens (including phenoxy) is 1. The molecule has 0 aliphatic carbocycles. The van der Waals surface area contributed by atoms with Gasteiger partial charge in [0.2, 0.25) is 11.8 Å². The molecule has 3 N–H and O–H groups in total. The largest absolute Gasteiger partial charge is 0.438 e. The van der Waals surface area contributed by atoms with Crippen LogP contribution < -0.4 is 16.0 Å². The Kier molecular flexibility index (Phi) is 4.10. The van der Waals surface area contributed by atoms with E-state index in [0.717, 1.165) is 17.0 Å². The van der Waals surface area contributed by atoms with Gasteiger partial charge < -0.3 is 4.74 Å². The number of nitrogens with one attached hydrogen (secondary N) is 1. The number of allylic oxidation sites excluding steroid dienone is 1. The predicted octanol–water partition coefficient (Wildman–Crippen LogP) is 2.90. The molecule has 2 aromatic rings. The molecule has 1 heterocycles. The van der Waals surface area contributed by atoms with E-state index >= 15 is 0 Å². The summed E-state index contributed by atoms with van der Waals surface area (Å²) in [4.78, 5) is 8.27. The van der Waals surface area contributed by atoms with Crippen molar-refractivity contribution < 1.29 is 4.74 Å². The number of rotatable bonds is 4. The Hall–Kier alpha value is -2.40. The summed E-state index contributed by atoms with van der Waals surface area (Å²) >= 11 is 0. The minimum atomic E-state index is 0.332. The molecule has 0 spiro atoms. The average Bonchev–Trinajstić information content (AvgIpc) is 2.40. The molecular weight excluding hydrogens is 240 g/mol. The molecule has 5 nitrogen and oxygen atoms in total. The number of nitrogens with two attached hydrogens (primary N) is 1. The van der Waals surface area contributed by atoms with Crippen molar-refractivity contribution in [1.82, 2.24) is 9.97 Å². The Bertz CT molecular complexity index is 596. The lowest BCUT2D eigenvalue weighted by atomic mass is 10.2. The van der Waals surface area contributed by atoms with Gasteiger partial charge in [-0.2, -0.15) is 4.98 Å². The molecule has 1 aromatic carbocycles. The van der Waals surface area contributed by atoms with Crippen LogP contribution in [0.5, 0.6) is 11.6 Å². The lowest BCUT2D eigenvalue weighted by molar-refractivity contribution is 0.460. The molecule has 0 aliphatic heterocycles. The number of aryl methyl sites for hydroxylation is 1. The number of aromatic nitrogens is 2. The van der Waals surface area contributed by atoms with Crippen LogP contribution in [0.4, 0.5) is 5.95 Å². The van der Waals surface area contributed by atoms with E-state index in [1.165, 1.54) is 0 Å². The molecule has 0 bridgehead atoms. The van der Waals surface area contributed by atoms with Gasteiger partial charge in [0, 0.05) is 17.3 Å². The number of para-hydroxylation sites is 1. The zero-order chi connectivity index (χ0) is 13.7. The minimum absolute atomic E-state index is 0.332. The van der Waals surface area contributed by atoms with Crippen LogP contribution in [-0.4, -0.2) is 9.97 Å². The second-order valence-corrected chi connectivity index (χ2v) is 3.96. The van der Waals surface area contributed by atoms with Crippen LogP contribution in [0, 0.1) is 6.92 Å². The highest BCUT2D eigenvalue weighted by Gasteiger charge is 2.05. The van der Waals surface area contributed by atoms with Gasteiger partial charge in [-0.1, -0.05) is 30.4 Å². The van der Waals surface area contributed by atoms with Gasteiger partial charge in [0.1, 0.15) is 5.75 Å². The van der Waals surface area contributed by atoms with Crippen LogP contribution in [0.1, 0.15) is 18.2 Å². The van der Waals surface area contributed by atoms with Crippen molar-refractivity contribution in [1.29, 1.82) is 0 Å². The maximum absolute atomic E-state index is 5.79. The van der Waals surface area contributed by atoms with Gasteiger partial charge in [0.15, 0.2) is 0 Å². The molecule has 98 valence electrons. The van der Waals surface area contributed by atoms with Crippen LogP contribution in [0.25, 0.3) is 6.08 Å². The maximum atomic E-state index is 5.79. The number of hydrogen-bond donors (Lipinski definition) is 2. The van der Waals surface area contributed by atoms with Gasteiger partial charge in [0.25, 0.3) is 0 Å². The number of anilines is 1. The molecule has 0 radical (unpaired) electrons. The standard InChI is InChI=1S/C14H16N4O/c1-3-6-11-7-4-5-8-12(11)19-13-9-10(2)16-14(17-13)18-15/h3-9H,15H2,1-2H3,(H,16,17,18)/b6-3+. The Labute approximate surface area is 112 Å².